The van der Waals surface area contributed by atoms with Gasteiger partial charge >= 0.3 is 0 Å². The molecule has 0 atom stereocenters. The highest BCUT2D eigenvalue weighted by Gasteiger charge is 2.17. The first-order valence-electron chi connectivity index (χ1n) is 4.32. The number of hydrogen-bond acceptors (Lipinski definition) is 2. The normalized spacial score (nSPS) is 11.7. The predicted molar refractivity (Wildman–Crippen MR) is 58.6 cm³/mol. The van der Waals surface area contributed by atoms with Gasteiger partial charge in [-0.05, 0) is 29.4 Å². The van der Waals surface area contributed by atoms with Gasteiger partial charge in [-0.2, -0.15) is 0 Å². The lowest BCUT2D eigenvalue weighted by atomic mass is 9.86. The second kappa shape index (κ2) is 3.62. The average molecular weight is 196 g/mol. The van der Waals surface area contributed by atoms with Gasteiger partial charge in [0.1, 0.15) is 5.75 Å². The van der Waals surface area contributed by atoms with E-state index < -0.39 is 0 Å². The maximum atomic E-state index is 9.74. The van der Waals surface area contributed by atoms with Crippen LogP contribution in [0.25, 0.3) is 0 Å². The highest BCUT2D eigenvalue weighted by molar-refractivity contribution is 7.98. The van der Waals surface area contributed by atoms with E-state index in [9.17, 15) is 5.11 Å². The van der Waals surface area contributed by atoms with E-state index >= 15 is 0 Å². The third-order valence-corrected chi connectivity index (χ3v) is 2.74. The SMILES string of the molecule is CSc1ccc(C(C)(C)C)c(O)c1. The van der Waals surface area contributed by atoms with Crippen LogP contribution in [0.5, 0.6) is 5.75 Å². The smallest absolute Gasteiger partial charge is 0.120 e. The van der Waals surface area contributed by atoms with Gasteiger partial charge in [-0.15, -0.1) is 11.8 Å². The number of hydrogen-bond donors (Lipinski definition) is 1. The molecule has 0 amide bonds. The summed E-state index contributed by atoms with van der Waals surface area (Å²) in [5.41, 5.74) is 1.02. The largest absolute Gasteiger partial charge is 0.508 e. The van der Waals surface area contributed by atoms with Crippen LogP contribution in [-0.2, 0) is 5.41 Å². The molecule has 0 fully saturated rings. The first kappa shape index (κ1) is 10.5. The lowest BCUT2D eigenvalue weighted by Crippen LogP contribution is -2.10. The van der Waals surface area contributed by atoms with Crippen molar-refractivity contribution in [3.63, 3.8) is 0 Å². The quantitative estimate of drug-likeness (QED) is 0.695. The Bertz CT molecular complexity index is 299. The van der Waals surface area contributed by atoms with Crippen molar-refractivity contribution in [1.29, 1.82) is 0 Å². The zero-order valence-corrected chi connectivity index (χ0v) is 9.40. The van der Waals surface area contributed by atoms with E-state index in [4.69, 9.17) is 0 Å². The van der Waals surface area contributed by atoms with Crippen LogP contribution in [0.4, 0.5) is 0 Å². The van der Waals surface area contributed by atoms with Crippen molar-refractivity contribution < 1.29 is 5.11 Å². The van der Waals surface area contributed by atoms with Crippen LogP contribution in [0.2, 0.25) is 0 Å². The number of thioether (sulfide) groups is 1. The summed E-state index contributed by atoms with van der Waals surface area (Å²) in [5.74, 6) is 0.402. The van der Waals surface area contributed by atoms with Crippen LogP contribution >= 0.6 is 11.8 Å². The molecule has 72 valence electrons. The molecule has 1 nitrogen and oxygen atoms in total. The van der Waals surface area contributed by atoms with Crippen LogP contribution in [-0.4, -0.2) is 11.4 Å². The molecule has 1 aromatic carbocycles. The van der Waals surface area contributed by atoms with E-state index in [2.05, 4.69) is 20.8 Å². The number of benzene rings is 1. The third-order valence-electron chi connectivity index (χ3n) is 2.01. The molecule has 0 unspecified atom stereocenters. The molecule has 0 aliphatic heterocycles. The molecule has 0 radical (unpaired) electrons. The summed E-state index contributed by atoms with van der Waals surface area (Å²) in [6, 6.07) is 5.87. The Morgan fingerprint density at radius 1 is 1.23 bits per heavy atom. The van der Waals surface area contributed by atoms with E-state index in [-0.39, 0.29) is 5.41 Å². The van der Waals surface area contributed by atoms with Crippen molar-refractivity contribution >= 4 is 11.8 Å². The maximum absolute atomic E-state index is 9.74. The Labute approximate surface area is 84.2 Å². The Morgan fingerprint density at radius 2 is 1.85 bits per heavy atom. The van der Waals surface area contributed by atoms with E-state index in [1.165, 1.54) is 0 Å². The molecular formula is C11H16OS. The minimum Gasteiger partial charge on any atom is -0.508 e. The molecule has 0 saturated heterocycles. The second-order valence-electron chi connectivity index (χ2n) is 4.13. The van der Waals surface area contributed by atoms with Crippen LogP contribution in [0.1, 0.15) is 26.3 Å². The van der Waals surface area contributed by atoms with Gasteiger partial charge in [0.2, 0.25) is 0 Å². The number of rotatable bonds is 1. The summed E-state index contributed by atoms with van der Waals surface area (Å²) in [6.07, 6.45) is 2.01. The fourth-order valence-electron chi connectivity index (χ4n) is 1.27. The monoisotopic (exact) mass is 196 g/mol. The minimum absolute atomic E-state index is 0.0149. The lowest BCUT2D eigenvalue weighted by Gasteiger charge is -2.20. The van der Waals surface area contributed by atoms with E-state index in [0.29, 0.717) is 5.75 Å². The van der Waals surface area contributed by atoms with Gasteiger partial charge in [0.25, 0.3) is 0 Å². The highest BCUT2D eigenvalue weighted by Crippen LogP contribution is 2.32. The summed E-state index contributed by atoms with van der Waals surface area (Å²) in [5, 5.41) is 9.74. The summed E-state index contributed by atoms with van der Waals surface area (Å²) in [7, 11) is 0. The van der Waals surface area contributed by atoms with Crippen molar-refractivity contribution in [2.24, 2.45) is 0 Å². The molecule has 2 heteroatoms. The zero-order chi connectivity index (χ0) is 10.1. The second-order valence-corrected chi connectivity index (χ2v) is 5.01. The molecular weight excluding hydrogens is 180 g/mol. The predicted octanol–water partition coefficient (Wildman–Crippen LogP) is 3.41. The first-order chi connectivity index (χ1) is 5.95. The lowest BCUT2D eigenvalue weighted by molar-refractivity contribution is 0.445. The van der Waals surface area contributed by atoms with E-state index in [1.54, 1.807) is 11.8 Å². The number of phenols is 1. The van der Waals surface area contributed by atoms with Gasteiger partial charge in [-0.25, -0.2) is 0 Å². The standard InChI is InChI=1S/C11H16OS/c1-11(2,3)9-6-5-8(13-4)7-10(9)12/h5-7,12H,1-4H3. The van der Waals surface area contributed by atoms with E-state index in [0.717, 1.165) is 10.5 Å². The highest BCUT2D eigenvalue weighted by atomic mass is 32.2. The number of aromatic hydroxyl groups is 1. The van der Waals surface area contributed by atoms with Gasteiger partial charge in [0.05, 0.1) is 0 Å². The van der Waals surface area contributed by atoms with Crippen LogP contribution in [0.15, 0.2) is 23.1 Å². The molecule has 0 aromatic heterocycles. The molecule has 1 aromatic rings. The van der Waals surface area contributed by atoms with Crippen molar-refractivity contribution in [2.75, 3.05) is 6.26 Å². The van der Waals surface area contributed by atoms with Crippen molar-refractivity contribution in [1.82, 2.24) is 0 Å². The fourth-order valence-corrected chi connectivity index (χ4v) is 1.71. The summed E-state index contributed by atoms with van der Waals surface area (Å²) < 4.78 is 0. The van der Waals surface area contributed by atoms with Crippen LogP contribution in [0.3, 0.4) is 0 Å². The van der Waals surface area contributed by atoms with Gasteiger partial charge in [0, 0.05) is 4.90 Å². The van der Waals surface area contributed by atoms with E-state index in [1.807, 2.05) is 24.5 Å². The van der Waals surface area contributed by atoms with Crippen molar-refractivity contribution in [3.8, 4) is 5.75 Å². The Balaban J connectivity index is 3.13. The molecule has 1 N–H and O–H groups in total. The maximum Gasteiger partial charge on any atom is 0.120 e. The summed E-state index contributed by atoms with van der Waals surface area (Å²) >= 11 is 1.64. The summed E-state index contributed by atoms with van der Waals surface area (Å²) in [4.78, 5) is 1.10. The molecule has 0 saturated carbocycles. The van der Waals surface area contributed by atoms with Gasteiger partial charge in [-0.3, -0.25) is 0 Å². The molecule has 13 heavy (non-hydrogen) atoms. The topological polar surface area (TPSA) is 20.2 Å². The minimum atomic E-state index is 0.0149. The average Bonchev–Trinajstić information content (AvgIpc) is 2.01. The molecule has 0 aliphatic rings. The number of phenolic OH excluding ortho intramolecular Hbond substituents is 1. The first-order valence-corrected chi connectivity index (χ1v) is 5.55. The Hall–Kier alpha value is -0.630. The third kappa shape index (κ3) is 2.41. The zero-order valence-electron chi connectivity index (χ0n) is 8.59. The Kier molecular flexibility index (Phi) is 2.91. The summed E-state index contributed by atoms with van der Waals surface area (Å²) in [6.45, 7) is 6.29. The van der Waals surface area contributed by atoms with Gasteiger partial charge in [-0.1, -0.05) is 26.8 Å². The fraction of sp³-hybridized carbons (Fsp3) is 0.455. The van der Waals surface area contributed by atoms with Crippen LogP contribution < -0.4 is 0 Å². The van der Waals surface area contributed by atoms with Crippen molar-refractivity contribution in [3.05, 3.63) is 23.8 Å². The van der Waals surface area contributed by atoms with Gasteiger partial charge in [0.15, 0.2) is 0 Å². The van der Waals surface area contributed by atoms with Gasteiger partial charge < -0.3 is 5.11 Å². The molecule has 0 heterocycles. The molecule has 0 spiro atoms. The Morgan fingerprint density at radius 3 is 2.23 bits per heavy atom. The van der Waals surface area contributed by atoms with Crippen LogP contribution in [0, 0.1) is 0 Å². The molecule has 1 rings (SSSR count). The molecule has 0 bridgehead atoms. The van der Waals surface area contributed by atoms with Crippen molar-refractivity contribution in [2.45, 2.75) is 31.1 Å². The molecule has 0 aliphatic carbocycles.